The van der Waals surface area contributed by atoms with Crippen molar-refractivity contribution < 1.29 is 26.7 Å². The topological polar surface area (TPSA) is 128 Å². The number of halogens is 3. The molecule has 0 spiro atoms. The van der Waals surface area contributed by atoms with Crippen LogP contribution in [0.2, 0.25) is 0 Å². The van der Waals surface area contributed by atoms with Crippen LogP contribution in [0.15, 0.2) is 30.3 Å². The van der Waals surface area contributed by atoms with Crippen LogP contribution in [-0.4, -0.2) is 43.7 Å². The van der Waals surface area contributed by atoms with Crippen molar-refractivity contribution in [3.05, 3.63) is 51.1 Å². The molecule has 180 valence electrons. The van der Waals surface area contributed by atoms with Gasteiger partial charge < -0.3 is 21.5 Å². The number of sulfonamides is 1. The molecule has 12 heteroatoms. The van der Waals surface area contributed by atoms with Crippen molar-refractivity contribution in [2.24, 2.45) is 11.5 Å². The smallest absolute Gasteiger partial charge is 0.254 e. The average Bonchev–Trinajstić information content (AvgIpc) is 2.71. The number of amides is 1. The molecule has 2 aromatic carbocycles. The Morgan fingerprint density at radius 3 is 2.36 bits per heavy atom. The molecular weight excluding hydrogens is 569 g/mol. The third-order valence-corrected chi connectivity index (χ3v) is 8.65. The number of hydrogen-bond acceptors (Lipinski definition) is 6. The summed E-state index contributed by atoms with van der Waals surface area (Å²) in [4.78, 5) is 10.8. The van der Waals surface area contributed by atoms with Gasteiger partial charge in [0, 0.05) is 23.7 Å². The van der Waals surface area contributed by atoms with Crippen LogP contribution in [0.3, 0.4) is 0 Å². The molecule has 0 radical (unpaired) electrons. The van der Waals surface area contributed by atoms with Crippen molar-refractivity contribution >= 4 is 49.9 Å². The van der Waals surface area contributed by atoms with Crippen molar-refractivity contribution in [2.75, 3.05) is 19.4 Å². The lowest BCUT2D eigenvalue weighted by Gasteiger charge is -2.38. The first kappa shape index (κ1) is 25.6. The number of primary amides is 1. The Labute approximate surface area is 204 Å². The minimum Gasteiger partial charge on any atom is -0.489 e. The molecule has 0 heterocycles. The maximum atomic E-state index is 14.4. The number of nitrogens with two attached hydrogens (primary N) is 2. The van der Waals surface area contributed by atoms with Crippen LogP contribution >= 0.6 is 22.6 Å². The normalized spacial score (nSPS) is 21.1. The fraction of sp³-hybridized carbons (Fsp3) is 0.381. The summed E-state index contributed by atoms with van der Waals surface area (Å²) in [6.07, 6.45) is 0.276. The van der Waals surface area contributed by atoms with E-state index in [1.165, 1.54) is 26.2 Å². The van der Waals surface area contributed by atoms with E-state index in [0.717, 1.165) is 16.4 Å². The zero-order valence-electron chi connectivity index (χ0n) is 18.1. The van der Waals surface area contributed by atoms with E-state index in [4.69, 9.17) is 16.2 Å². The molecule has 0 unspecified atom stereocenters. The second kappa shape index (κ2) is 9.68. The molecule has 1 amide bonds. The molecule has 1 aliphatic rings. The highest BCUT2D eigenvalue weighted by atomic mass is 127. The maximum Gasteiger partial charge on any atom is 0.254 e. The maximum absolute atomic E-state index is 14.4. The van der Waals surface area contributed by atoms with Gasteiger partial charge in [0.15, 0.2) is 0 Å². The molecule has 33 heavy (non-hydrogen) atoms. The first-order chi connectivity index (χ1) is 15.3. The van der Waals surface area contributed by atoms with Crippen molar-refractivity contribution in [1.82, 2.24) is 4.31 Å². The fourth-order valence-corrected chi connectivity index (χ4v) is 5.69. The van der Waals surface area contributed by atoms with Gasteiger partial charge in [-0.2, -0.15) is 0 Å². The second-order valence-electron chi connectivity index (χ2n) is 8.11. The number of benzene rings is 2. The van der Waals surface area contributed by atoms with Gasteiger partial charge >= 0.3 is 0 Å². The van der Waals surface area contributed by atoms with E-state index in [9.17, 15) is 22.0 Å². The van der Waals surface area contributed by atoms with E-state index < -0.39 is 38.5 Å². The van der Waals surface area contributed by atoms with Gasteiger partial charge in [-0.15, -0.1) is 0 Å². The van der Waals surface area contributed by atoms with E-state index in [1.807, 2.05) is 22.6 Å². The largest absolute Gasteiger partial charge is 0.489 e. The van der Waals surface area contributed by atoms with Gasteiger partial charge in [0.25, 0.3) is 5.91 Å². The minimum absolute atomic E-state index is 0.0361. The van der Waals surface area contributed by atoms with Crippen LogP contribution in [0.25, 0.3) is 0 Å². The van der Waals surface area contributed by atoms with Gasteiger partial charge in [-0.25, -0.2) is 21.5 Å². The van der Waals surface area contributed by atoms with Crippen LogP contribution in [0, 0.1) is 15.2 Å². The predicted molar refractivity (Wildman–Crippen MR) is 130 cm³/mol. The Bertz CT molecular complexity index is 1170. The Morgan fingerprint density at radius 1 is 1.18 bits per heavy atom. The number of carbonyl (C=O) groups is 1. The molecule has 2 aromatic rings. The number of carbonyl (C=O) groups excluding carboxylic acids is 1. The van der Waals surface area contributed by atoms with Gasteiger partial charge in [-0.3, -0.25) is 4.79 Å². The number of anilines is 2. The van der Waals surface area contributed by atoms with Crippen LogP contribution in [0.5, 0.6) is 5.75 Å². The monoisotopic (exact) mass is 594 g/mol. The zero-order valence-corrected chi connectivity index (χ0v) is 21.0. The van der Waals surface area contributed by atoms with E-state index in [0.29, 0.717) is 3.57 Å². The molecule has 0 bridgehead atoms. The number of nitrogens with one attached hydrogen (secondary N) is 1. The number of nitrogens with zero attached hydrogens (tertiary/aromatic N) is 1. The predicted octanol–water partition coefficient (Wildman–Crippen LogP) is 3.28. The quantitative estimate of drug-likeness (QED) is 0.423. The third-order valence-electron chi connectivity index (χ3n) is 5.58. The highest BCUT2D eigenvalue weighted by molar-refractivity contribution is 14.1. The molecule has 0 aliphatic heterocycles. The number of ether oxygens (including phenoxy) is 1. The lowest BCUT2D eigenvalue weighted by molar-refractivity contribution is 0.0985. The Morgan fingerprint density at radius 2 is 1.82 bits per heavy atom. The van der Waals surface area contributed by atoms with Gasteiger partial charge in [-0.1, -0.05) is 0 Å². The first-order valence-corrected chi connectivity index (χ1v) is 12.6. The van der Waals surface area contributed by atoms with Crippen LogP contribution in [-0.2, 0) is 10.0 Å². The van der Waals surface area contributed by atoms with Crippen LogP contribution in [0.1, 0.15) is 36.0 Å². The average molecular weight is 594 g/mol. The molecule has 0 aromatic heterocycles. The number of hydrogen-bond donors (Lipinski definition) is 3. The zero-order chi connectivity index (χ0) is 24.6. The standard InChI is InChI=1S/C21H25F2IN4O4S/c1-28(2)33(30,31)21(26)7-5-14(6-8-21)32-18-10-12(22)9-17(19(18)20(25)29)27-16-4-3-13(24)11-15(16)23/h3-4,9-11,14,27H,5-8,26H2,1-2H3,(H2,25,29). The number of rotatable bonds is 7. The van der Waals surface area contributed by atoms with Gasteiger partial charge in [0.2, 0.25) is 10.0 Å². The molecule has 3 rings (SSSR count). The van der Waals surface area contributed by atoms with Crippen molar-refractivity contribution in [2.45, 2.75) is 36.7 Å². The minimum atomic E-state index is -3.70. The van der Waals surface area contributed by atoms with Crippen molar-refractivity contribution in [3.63, 3.8) is 0 Å². The fourth-order valence-electron chi connectivity index (χ4n) is 3.76. The first-order valence-electron chi connectivity index (χ1n) is 10.1. The summed E-state index contributed by atoms with van der Waals surface area (Å²) in [5, 5.41) is 2.71. The highest BCUT2D eigenvalue weighted by Gasteiger charge is 2.45. The molecular formula is C21H25F2IN4O4S. The Balaban J connectivity index is 1.86. The van der Waals surface area contributed by atoms with E-state index >= 15 is 0 Å². The second-order valence-corrected chi connectivity index (χ2v) is 11.8. The molecule has 8 nitrogen and oxygen atoms in total. The molecule has 0 saturated heterocycles. The molecule has 0 atom stereocenters. The van der Waals surface area contributed by atoms with Crippen LogP contribution < -0.4 is 21.5 Å². The lowest BCUT2D eigenvalue weighted by Crippen LogP contribution is -2.55. The Hall–Kier alpha value is -2.03. The van der Waals surface area contributed by atoms with Gasteiger partial charge in [0.1, 0.15) is 27.8 Å². The van der Waals surface area contributed by atoms with E-state index in [2.05, 4.69) is 5.32 Å². The van der Waals surface area contributed by atoms with Crippen LogP contribution in [0.4, 0.5) is 20.2 Å². The Kier molecular flexibility index (Phi) is 7.51. The van der Waals surface area contributed by atoms with Gasteiger partial charge in [-0.05, 0) is 72.5 Å². The van der Waals surface area contributed by atoms with Crippen molar-refractivity contribution in [3.8, 4) is 5.75 Å². The molecule has 1 fully saturated rings. The summed E-state index contributed by atoms with van der Waals surface area (Å²) < 4.78 is 61.4. The highest BCUT2D eigenvalue weighted by Crippen LogP contribution is 2.37. The summed E-state index contributed by atoms with van der Waals surface area (Å²) in [5.74, 6) is -2.31. The van der Waals surface area contributed by atoms with Crippen molar-refractivity contribution in [1.29, 1.82) is 0 Å². The lowest BCUT2D eigenvalue weighted by atomic mass is 9.93. The molecule has 1 aliphatic carbocycles. The van der Waals surface area contributed by atoms with E-state index in [1.54, 1.807) is 6.07 Å². The summed E-state index contributed by atoms with van der Waals surface area (Å²) in [6.45, 7) is 0. The van der Waals surface area contributed by atoms with E-state index in [-0.39, 0.29) is 48.4 Å². The third kappa shape index (κ3) is 5.39. The molecule has 1 saturated carbocycles. The van der Waals surface area contributed by atoms with Gasteiger partial charge in [0.05, 0.1) is 17.5 Å². The summed E-state index contributed by atoms with van der Waals surface area (Å²) in [5.41, 5.74) is 11.6. The summed E-state index contributed by atoms with van der Waals surface area (Å²) >= 11 is 1.95. The molecule has 5 N–H and O–H groups in total. The SMILES string of the molecule is CN(C)S(=O)(=O)C1(N)CCC(Oc2cc(F)cc(Nc3ccc(I)cc3F)c2C(N)=O)CC1. The summed E-state index contributed by atoms with van der Waals surface area (Å²) in [7, 11) is -0.857. The summed E-state index contributed by atoms with van der Waals surface area (Å²) in [6, 6.07) is 6.44.